The Morgan fingerprint density at radius 1 is 1.38 bits per heavy atom. The van der Waals surface area contributed by atoms with Gasteiger partial charge in [-0.2, -0.15) is 0 Å². The van der Waals surface area contributed by atoms with Crippen molar-refractivity contribution >= 4 is 5.78 Å². The Balaban J connectivity index is 2.10. The maximum atomic E-state index is 11.8. The van der Waals surface area contributed by atoms with Gasteiger partial charge in [0.2, 0.25) is 0 Å². The second-order valence-corrected chi connectivity index (χ2v) is 4.80. The van der Waals surface area contributed by atoms with Crippen molar-refractivity contribution in [2.24, 2.45) is 5.92 Å². The monoisotopic (exact) mass is 218 g/mol. The second-order valence-electron chi connectivity index (χ2n) is 4.80. The zero-order valence-electron chi connectivity index (χ0n) is 9.86. The molecule has 2 nitrogen and oxygen atoms in total. The molecule has 1 fully saturated rings. The smallest absolute Gasteiger partial charge is 0.165 e. The zero-order valence-corrected chi connectivity index (χ0v) is 9.86. The Morgan fingerprint density at radius 2 is 1.94 bits per heavy atom. The quantitative estimate of drug-likeness (QED) is 0.841. The summed E-state index contributed by atoms with van der Waals surface area (Å²) in [6.07, 6.45) is 1.63. The molecule has 1 N–H and O–H groups in total. The van der Waals surface area contributed by atoms with Crippen LogP contribution < -0.4 is 0 Å². The number of aliphatic hydroxyl groups excluding tert-OH is 1. The molecular formula is C14H18O2. The number of hydrogen-bond acceptors (Lipinski definition) is 2. The predicted octanol–water partition coefficient (Wildman–Crippen LogP) is 2.19. The van der Waals surface area contributed by atoms with E-state index in [4.69, 9.17) is 0 Å². The number of aryl methyl sites for hydroxylation is 2. The predicted molar refractivity (Wildman–Crippen MR) is 63.4 cm³/mol. The maximum absolute atomic E-state index is 11.8. The highest BCUT2D eigenvalue weighted by atomic mass is 16.3. The van der Waals surface area contributed by atoms with Crippen molar-refractivity contribution in [1.29, 1.82) is 0 Å². The lowest BCUT2D eigenvalue weighted by molar-refractivity contribution is -0.127. The lowest BCUT2D eigenvalue weighted by Gasteiger charge is -2.12. The van der Waals surface area contributed by atoms with Crippen LogP contribution in [-0.2, 0) is 11.2 Å². The summed E-state index contributed by atoms with van der Waals surface area (Å²) < 4.78 is 0. The number of rotatable bonds is 4. The van der Waals surface area contributed by atoms with Crippen LogP contribution in [0.4, 0.5) is 0 Å². The summed E-state index contributed by atoms with van der Waals surface area (Å²) in [6, 6.07) is 6.02. The number of hydrogen-bond donors (Lipinski definition) is 1. The largest absolute Gasteiger partial charge is 0.385 e. The first-order valence-corrected chi connectivity index (χ1v) is 5.85. The number of carbonyl (C=O) groups excluding carboxylic acids is 1. The van der Waals surface area contributed by atoms with Gasteiger partial charge < -0.3 is 5.11 Å². The summed E-state index contributed by atoms with van der Waals surface area (Å²) in [5.41, 5.74) is 3.35. The van der Waals surface area contributed by atoms with Gasteiger partial charge in [-0.25, -0.2) is 0 Å². The van der Waals surface area contributed by atoms with E-state index in [-0.39, 0.29) is 11.7 Å². The van der Waals surface area contributed by atoms with Crippen molar-refractivity contribution in [2.45, 2.75) is 39.2 Å². The first-order valence-electron chi connectivity index (χ1n) is 5.85. The highest BCUT2D eigenvalue weighted by Gasteiger charge is 2.34. The fourth-order valence-electron chi connectivity index (χ4n) is 2.08. The molecule has 1 aliphatic carbocycles. The molecule has 0 bridgehead atoms. The number of ketones is 1. The van der Waals surface area contributed by atoms with Gasteiger partial charge in [-0.05, 0) is 49.3 Å². The molecule has 1 aromatic rings. The van der Waals surface area contributed by atoms with Crippen LogP contribution in [0.3, 0.4) is 0 Å². The molecule has 1 aromatic carbocycles. The van der Waals surface area contributed by atoms with E-state index in [0.29, 0.717) is 6.42 Å². The third kappa shape index (κ3) is 2.33. The molecule has 1 atom stereocenters. The highest BCUT2D eigenvalue weighted by Crippen LogP contribution is 2.33. The summed E-state index contributed by atoms with van der Waals surface area (Å²) in [5.74, 6) is 0.205. The molecule has 0 aliphatic heterocycles. The molecule has 0 radical (unpaired) electrons. The molecule has 16 heavy (non-hydrogen) atoms. The van der Waals surface area contributed by atoms with Crippen molar-refractivity contribution in [3.8, 4) is 0 Å². The minimum absolute atomic E-state index is 0.0279. The van der Waals surface area contributed by atoms with Gasteiger partial charge in [0.15, 0.2) is 5.78 Å². The third-order valence-corrected chi connectivity index (χ3v) is 3.39. The second kappa shape index (κ2) is 4.38. The summed E-state index contributed by atoms with van der Waals surface area (Å²) in [5, 5.41) is 9.75. The van der Waals surface area contributed by atoms with Gasteiger partial charge in [0, 0.05) is 6.42 Å². The Hall–Kier alpha value is -1.15. The molecule has 0 heterocycles. The fraction of sp³-hybridized carbons (Fsp3) is 0.500. The Morgan fingerprint density at radius 3 is 2.44 bits per heavy atom. The molecule has 0 saturated heterocycles. The summed E-state index contributed by atoms with van der Waals surface area (Å²) in [6.45, 7) is 4.03. The minimum atomic E-state index is -0.737. The lowest BCUT2D eigenvalue weighted by atomic mass is 9.95. The molecular weight excluding hydrogens is 200 g/mol. The standard InChI is InChI=1S/C14H18O2/c1-9-4-3-5-10(2)12(9)8-13(15)14(16)11-6-7-11/h3-5,11,14,16H,6-8H2,1-2H3. The molecule has 1 unspecified atom stereocenters. The van der Waals surface area contributed by atoms with Gasteiger partial charge in [0.1, 0.15) is 6.10 Å². The van der Waals surface area contributed by atoms with Crippen LogP contribution in [0.2, 0.25) is 0 Å². The van der Waals surface area contributed by atoms with E-state index in [0.717, 1.165) is 29.5 Å². The van der Waals surface area contributed by atoms with Gasteiger partial charge in [0.25, 0.3) is 0 Å². The topological polar surface area (TPSA) is 37.3 Å². The first kappa shape index (κ1) is 11.3. The Bertz CT molecular complexity index is 385. The molecule has 0 amide bonds. The van der Waals surface area contributed by atoms with E-state index >= 15 is 0 Å². The molecule has 1 saturated carbocycles. The summed E-state index contributed by atoms with van der Waals surface area (Å²) >= 11 is 0. The molecule has 1 aliphatic rings. The number of Topliss-reactive ketones (excluding diaryl/α,β-unsaturated/α-hetero) is 1. The van der Waals surface area contributed by atoms with Gasteiger partial charge in [0.05, 0.1) is 0 Å². The molecule has 86 valence electrons. The van der Waals surface area contributed by atoms with E-state index in [2.05, 4.69) is 0 Å². The van der Waals surface area contributed by atoms with Crippen LogP contribution in [0.25, 0.3) is 0 Å². The SMILES string of the molecule is Cc1cccc(C)c1CC(=O)C(O)C1CC1. The molecule has 0 aromatic heterocycles. The summed E-state index contributed by atoms with van der Waals surface area (Å²) in [4.78, 5) is 11.8. The van der Waals surface area contributed by atoms with Gasteiger partial charge in [-0.1, -0.05) is 18.2 Å². The first-order chi connectivity index (χ1) is 7.59. The van der Waals surface area contributed by atoms with E-state index in [1.54, 1.807) is 0 Å². The van der Waals surface area contributed by atoms with E-state index < -0.39 is 6.10 Å². The number of carbonyl (C=O) groups is 1. The minimum Gasteiger partial charge on any atom is -0.385 e. The van der Waals surface area contributed by atoms with Crippen LogP contribution in [0.1, 0.15) is 29.5 Å². The van der Waals surface area contributed by atoms with Crippen molar-refractivity contribution in [1.82, 2.24) is 0 Å². The number of benzene rings is 1. The lowest BCUT2D eigenvalue weighted by Crippen LogP contribution is -2.24. The van der Waals surface area contributed by atoms with Gasteiger partial charge in [-0.3, -0.25) is 4.79 Å². The van der Waals surface area contributed by atoms with E-state index in [1.807, 2.05) is 32.0 Å². The van der Waals surface area contributed by atoms with Crippen molar-refractivity contribution in [3.63, 3.8) is 0 Å². The normalized spacial score (nSPS) is 17.2. The van der Waals surface area contributed by atoms with Crippen LogP contribution in [0.5, 0.6) is 0 Å². The van der Waals surface area contributed by atoms with E-state index in [1.165, 1.54) is 0 Å². The number of aliphatic hydroxyl groups is 1. The van der Waals surface area contributed by atoms with Crippen molar-refractivity contribution in [2.75, 3.05) is 0 Å². The Kier molecular flexibility index (Phi) is 3.10. The van der Waals surface area contributed by atoms with Gasteiger partial charge in [-0.15, -0.1) is 0 Å². The summed E-state index contributed by atoms with van der Waals surface area (Å²) in [7, 11) is 0. The average molecular weight is 218 g/mol. The van der Waals surface area contributed by atoms with Gasteiger partial charge >= 0.3 is 0 Å². The van der Waals surface area contributed by atoms with Crippen LogP contribution in [0.15, 0.2) is 18.2 Å². The van der Waals surface area contributed by atoms with Crippen molar-refractivity contribution in [3.05, 3.63) is 34.9 Å². The Labute approximate surface area is 96.3 Å². The maximum Gasteiger partial charge on any atom is 0.165 e. The van der Waals surface area contributed by atoms with Crippen LogP contribution >= 0.6 is 0 Å². The average Bonchev–Trinajstić information content (AvgIpc) is 3.06. The van der Waals surface area contributed by atoms with Crippen LogP contribution in [-0.4, -0.2) is 17.0 Å². The van der Waals surface area contributed by atoms with Crippen LogP contribution in [0, 0.1) is 19.8 Å². The van der Waals surface area contributed by atoms with Crippen molar-refractivity contribution < 1.29 is 9.90 Å². The third-order valence-electron chi connectivity index (χ3n) is 3.39. The zero-order chi connectivity index (χ0) is 11.7. The molecule has 2 heteroatoms. The molecule has 2 rings (SSSR count). The fourth-order valence-corrected chi connectivity index (χ4v) is 2.08. The van der Waals surface area contributed by atoms with E-state index in [9.17, 15) is 9.90 Å². The molecule has 0 spiro atoms. The highest BCUT2D eigenvalue weighted by molar-refractivity contribution is 5.86.